The molecule has 3 nitrogen and oxygen atoms in total. The van der Waals surface area contributed by atoms with Crippen molar-refractivity contribution in [2.75, 3.05) is 39.8 Å². The molecule has 4 heteroatoms. The Morgan fingerprint density at radius 2 is 1.72 bits per heavy atom. The molecule has 0 spiro atoms. The fraction of sp³-hybridized carbons (Fsp3) is 0.571. The van der Waals surface area contributed by atoms with Crippen LogP contribution >= 0.6 is 11.6 Å². The maximum Gasteiger partial charge on any atom is 0.0510 e. The van der Waals surface area contributed by atoms with Gasteiger partial charge >= 0.3 is 0 Å². The van der Waals surface area contributed by atoms with Crippen LogP contribution in [0.15, 0.2) is 24.3 Å². The third-order valence-corrected chi connectivity index (χ3v) is 3.90. The Hall–Kier alpha value is -0.610. The summed E-state index contributed by atoms with van der Waals surface area (Å²) in [5.41, 5.74) is 7.28. The van der Waals surface area contributed by atoms with Crippen molar-refractivity contribution in [2.24, 2.45) is 5.73 Å². The zero-order valence-electron chi connectivity index (χ0n) is 11.2. The molecule has 1 heterocycles. The predicted molar refractivity (Wildman–Crippen MR) is 76.9 cm³/mol. The molecule has 1 aliphatic heterocycles. The van der Waals surface area contributed by atoms with Gasteiger partial charge in [-0.15, -0.1) is 0 Å². The Balaban J connectivity index is 2.00. The van der Waals surface area contributed by atoms with E-state index in [0.717, 1.165) is 43.3 Å². The average molecular weight is 268 g/mol. The highest BCUT2D eigenvalue weighted by Crippen LogP contribution is 2.21. The van der Waals surface area contributed by atoms with E-state index in [-0.39, 0.29) is 5.54 Å². The zero-order valence-corrected chi connectivity index (χ0v) is 12.0. The lowest BCUT2D eigenvalue weighted by Gasteiger charge is -2.37. The van der Waals surface area contributed by atoms with Crippen molar-refractivity contribution in [3.8, 4) is 0 Å². The lowest BCUT2D eigenvalue weighted by molar-refractivity contribution is 0.130. The fourth-order valence-corrected chi connectivity index (χ4v) is 2.52. The number of likely N-dealkylation sites (N-methyl/N-ethyl adjacent to an activating group) is 1. The monoisotopic (exact) mass is 267 g/mol. The van der Waals surface area contributed by atoms with E-state index < -0.39 is 0 Å². The number of hydrogen-bond acceptors (Lipinski definition) is 3. The number of halogens is 1. The largest absolute Gasteiger partial charge is 0.321 e. The van der Waals surface area contributed by atoms with Gasteiger partial charge in [-0.2, -0.15) is 0 Å². The molecule has 1 unspecified atom stereocenters. The Morgan fingerprint density at radius 3 is 2.28 bits per heavy atom. The molecule has 0 radical (unpaired) electrons. The van der Waals surface area contributed by atoms with Crippen LogP contribution in [0.2, 0.25) is 5.02 Å². The summed E-state index contributed by atoms with van der Waals surface area (Å²) in [5, 5.41) is 0.758. The van der Waals surface area contributed by atoms with Crippen LogP contribution in [-0.2, 0) is 5.54 Å². The molecular formula is C14H22ClN3. The third-order valence-electron chi connectivity index (χ3n) is 3.65. The molecule has 1 atom stereocenters. The van der Waals surface area contributed by atoms with Crippen molar-refractivity contribution in [3.63, 3.8) is 0 Å². The quantitative estimate of drug-likeness (QED) is 0.906. The van der Waals surface area contributed by atoms with Crippen LogP contribution in [0.25, 0.3) is 0 Å². The lowest BCUT2D eigenvalue weighted by Crippen LogP contribution is -2.52. The Morgan fingerprint density at radius 1 is 1.17 bits per heavy atom. The van der Waals surface area contributed by atoms with Gasteiger partial charge in [-0.1, -0.05) is 23.7 Å². The number of rotatable bonds is 3. The SMILES string of the molecule is CN1CCN(CC(C)(N)c2ccc(Cl)cc2)CC1. The molecule has 1 aliphatic rings. The van der Waals surface area contributed by atoms with Crippen molar-refractivity contribution >= 4 is 11.6 Å². The highest BCUT2D eigenvalue weighted by molar-refractivity contribution is 6.30. The van der Waals surface area contributed by atoms with Crippen LogP contribution in [-0.4, -0.2) is 49.6 Å². The smallest absolute Gasteiger partial charge is 0.0510 e. The molecule has 18 heavy (non-hydrogen) atoms. The molecular weight excluding hydrogens is 246 g/mol. The Kier molecular flexibility index (Phi) is 4.28. The second-order valence-electron chi connectivity index (χ2n) is 5.50. The topological polar surface area (TPSA) is 32.5 Å². The minimum Gasteiger partial charge on any atom is -0.321 e. The Bertz CT molecular complexity index is 381. The molecule has 1 aromatic rings. The highest BCUT2D eigenvalue weighted by Gasteiger charge is 2.26. The fourth-order valence-electron chi connectivity index (χ4n) is 2.39. The molecule has 0 aliphatic carbocycles. The molecule has 100 valence electrons. The van der Waals surface area contributed by atoms with Gasteiger partial charge in [0.25, 0.3) is 0 Å². The van der Waals surface area contributed by atoms with Crippen molar-refractivity contribution in [1.82, 2.24) is 9.80 Å². The minimum atomic E-state index is -0.319. The standard InChI is InChI=1S/C14H22ClN3/c1-14(16,12-3-5-13(15)6-4-12)11-18-9-7-17(2)8-10-18/h3-6H,7-11,16H2,1-2H3. The summed E-state index contributed by atoms with van der Waals surface area (Å²) < 4.78 is 0. The van der Waals surface area contributed by atoms with Gasteiger partial charge in [0, 0.05) is 37.7 Å². The molecule has 1 aromatic carbocycles. The highest BCUT2D eigenvalue weighted by atomic mass is 35.5. The molecule has 0 aromatic heterocycles. The summed E-state index contributed by atoms with van der Waals surface area (Å²) in [6, 6.07) is 7.87. The third kappa shape index (κ3) is 3.45. The number of benzene rings is 1. The number of hydrogen-bond donors (Lipinski definition) is 1. The van der Waals surface area contributed by atoms with Crippen LogP contribution in [0.3, 0.4) is 0 Å². The second kappa shape index (κ2) is 5.57. The molecule has 0 saturated carbocycles. The van der Waals surface area contributed by atoms with Gasteiger partial charge in [-0.3, -0.25) is 4.90 Å². The van der Waals surface area contributed by atoms with E-state index in [2.05, 4.69) is 23.8 Å². The number of nitrogens with zero attached hydrogens (tertiary/aromatic N) is 2. The maximum atomic E-state index is 6.46. The van der Waals surface area contributed by atoms with E-state index in [9.17, 15) is 0 Å². The van der Waals surface area contributed by atoms with Crippen LogP contribution in [0.1, 0.15) is 12.5 Å². The number of piperazine rings is 1. The first-order valence-corrected chi connectivity index (χ1v) is 6.81. The average Bonchev–Trinajstić information content (AvgIpc) is 2.32. The summed E-state index contributed by atoms with van der Waals surface area (Å²) in [6.45, 7) is 7.41. The van der Waals surface area contributed by atoms with E-state index in [1.54, 1.807) is 0 Å². The first-order valence-electron chi connectivity index (χ1n) is 6.43. The first kappa shape index (κ1) is 13.8. The molecule has 2 rings (SSSR count). The van der Waals surface area contributed by atoms with Crippen LogP contribution in [0.4, 0.5) is 0 Å². The summed E-state index contributed by atoms with van der Waals surface area (Å²) in [6.07, 6.45) is 0. The minimum absolute atomic E-state index is 0.319. The normalized spacial score (nSPS) is 21.8. The van der Waals surface area contributed by atoms with E-state index in [0.29, 0.717) is 0 Å². The molecule has 0 bridgehead atoms. The predicted octanol–water partition coefficient (Wildman–Crippen LogP) is 1.76. The van der Waals surface area contributed by atoms with Crippen molar-refractivity contribution < 1.29 is 0 Å². The van der Waals surface area contributed by atoms with Gasteiger partial charge in [0.2, 0.25) is 0 Å². The van der Waals surface area contributed by atoms with Gasteiger partial charge in [0.1, 0.15) is 0 Å². The van der Waals surface area contributed by atoms with E-state index >= 15 is 0 Å². The van der Waals surface area contributed by atoms with E-state index in [4.69, 9.17) is 17.3 Å². The van der Waals surface area contributed by atoms with Crippen molar-refractivity contribution in [2.45, 2.75) is 12.5 Å². The lowest BCUT2D eigenvalue weighted by atomic mass is 9.92. The van der Waals surface area contributed by atoms with Gasteiger partial charge in [0.05, 0.1) is 5.54 Å². The van der Waals surface area contributed by atoms with Crippen molar-refractivity contribution in [3.05, 3.63) is 34.9 Å². The van der Waals surface area contributed by atoms with Gasteiger partial charge in [0.15, 0.2) is 0 Å². The van der Waals surface area contributed by atoms with Crippen LogP contribution in [0, 0.1) is 0 Å². The molecule has 2 N–H and O–H groups in total. The van der Waals surface area contributed by atoms with Crippen LogP contribution in [0.5, 0.6) is 0 Å². The van der Waals surface area contributed by atoms with Crippen molar-refractivity contribution in [1.29, 1.82) is 0 Å². The van der Waals surface area contributed by atoms with Gasteiger partial charge in [-0.05, 0) is 31.7 Å². The van der Waals surface area contributed by atoms with Gasteiger partial charge < -0.3 is 10.6 Å². The van der Waals surface area contributed by atoms with E-state index in [1.165, 1.54) is 0 Å². The second-order valence-corrected chi connectivity index (χ2v) is 5.94. The number of nitrogens with two attached hydrogens (primary N) is 1. The summed E-state index contributed by atoms with van der Waals surface area (Å²) >= 11 is 5.91. The Labute approximate surface area is 115 Å². The molecule has 1 fully saturated rings. The summed E-state index contributed by atoms with van der Waals surface area (Å²) in [7, 11) is 2.16. The summed E-state index contributed by atoms with van der Waals surface area (Å²) in [4.78, 5) is 4.79. The van der Waals surface area contributed by atoms with E-state index in [1.807, 2.05) is 24.3 Å². The molecule has 1 saturated heterocycles. The van der Waals surface area contributed by atoms with Gasteiger partial charge in [-0.25, -0.2) is 0 Å². The van der Waals surface area contributed by atoms with Crippen LogP contribution < -0.4 is 5.73 Å². The first-order chi connectivity index (χ1) is 8.47. The summed E-state index contributed by atoms with van der Waals surface area (Å²) in [5.74, 6) is 0. The zero-order chi connectivity index (χ0) is 13.2. The molecule has 0 amide bonds. The maximum absolute atomic E-state index is 6.46.